The smallest absolute Gasteiger partial charge is 0.357 e. The van der Waals surface area contributed by atoms with E-state index >= 15 is 0 Å². The van der Waals surface area contributed by atoms with Crippen LogP contribution in [0.15, 0.2) is 4.79 Å². The van der Waals surface area contributed by atoms with Crippen LogP contribution in [-0.2, 0) is 7.05 Å². The largest absolute Gasteiger partial charge is 0.467 e. The lowest BCUT2D eigenvalue weighted by Gasteiger charge is -2.19. The van der Waals surface area contributed by atoms with Crippen LogP contribution in [0.3, 0.4) is 0 Å². The molecule has 0 unspecified atom stereocenters. The van der Waals surface area contributed by atoms with E-state index < -0.39 is 17.3 Å². The topological polar surface area (TPSA) is 78.2 Å². The third-order valence-electron chi connectivity index (χ3n) is 1.80. The number of rotatable bonds is 1. The van der Waals surface area contributed by atoms with E-state index in [1.54, 1.807) is 0 Å². The maximum atomic E-state index is 11.7. The van der Waals surface area contributed by atoms with Crippen LogP contribution in [0.25, 0.3) is 0 Å². The van der Waals surface area contributed by atoms with Gasteiger partial charge in [0, 0.05) is 12.6 Å². The minimum Gasteiger partial charge on any atom is -0.467 e. The molecule has 7 heteroatoms. The van der Waals surface area contributed by atoms with Crippen molar-refractivity contribution in [2.75, 3.05) is 7.11 Å². The highest BCUT2D eigenvalue weighted by atomic mass is 16.5. The van der Waals surface area contributed by atoms with Crippen molar-refractivity contribution in [3.05, 3.63) is 10.5 Å². The van der Waals surface area contributed by atoms with Crippen LogP contribution < -0.4 is 15.7 Å². The van der Waals surface area contributed by atoms with Crippen LogP contribution in [0.1, 0.15) is 20.8 Å². The van der Waals surface area contributed by atoms with Crippen LogP contribution >= 0.6 is 0 Å². The first kappa shape index (κ1) is 12.3. The molecule has 1 rings (SSSR count). The summed E-state index contributed by atoms with van der Waals surface area (Å²) in [7, 11) is 2.86. The molecule has 0 fully saturated rings. The lowest BCUT2D eigenvalue weighted by Crippen LogP contribution is -2.46. The predicted octanol–water partition coefficient (Wildman–Crippen LogP) is -0.0534. The third-order valence-corrected chi connectivity index (χ3v) is 1.80. The Hall–Kier alpha value is -1.79. The minimum atomic E-state index is -0.573. The maximum absolute atomic E-state index is 11.7. The molecule has 1 aromatic heterocycles. The number of carbonyl (C=O) groups excluding carboxylic acids is 1. The van der Waals surface area contributed by atoms with Gasteiger partial charge in [-0.25, -0.2) is 14.2 Å². The van der Waals surface area contributed by atoms with Gasteiger partial charge in [0.15, 0.2) is 0 Å². The highest BCUT2D eigenvalue weighted by Gasteiger charge is 2.20. The van der Waals surface area contributed by atoms with E-state index in [0.717, 1.165) is 9.25 Å². The van der Waals surface area contributed by atoms with Gasteiger partial charge in [0.05, 0.1) is 7.11 Å². The SMILES string of the molecule is COc1nn(C(=O)NC(C)(C)C)c(=O)n1C. The number of ether oxygens (including phenoxy) is 1. The average Bonchev–Trinajstić information content (AvgIpc) is 2.41. The van der Waals surface area contributed by atoms with E-state index in [0.29, 0.717) is 0 Å². The van der Waals surface area contributed by atoms with Gasteiger partial charge in [-0.2, -0.15) is 0 Å². The molecule has 0 saturated carbocycles. The molecule has 0 spiro atoms. The highest BCUT2D eigenvalue weighted by Crippen LogP contribution is 2.01. The van der Waals surface area contributed by atoms with Crippen molar-refractivity contribution in [1.82, 2.24) is 19.7 Å². The highest BCUT2D eigenvalue weighted by molar-refractivity contribution is 5.76. The fourth-order valence-corrected chi connectivity index (χ4v) is 1.10. The third kappa shape index (κ3) is 2.41. The molecule has 0 aliphatic rings. The van der Waals surface area contributed by atoms with Gasteiger partial charge in [0.25, 0.3) is 0 Å². The van der Waals surface area contributed by atoms with Gasteiger partial charge < -0.3 is 10.1 Å². The van der Waals surface area contributed by atoms with Crippen molar-refractivity contribution in [2.24, 2.45) is 7.05 Å². The van der Waals surface area contributed by atoms with Gasteiger partial charge in [-0.1, -0.05) is 0 Å². The van der Waals surface area contributed by atoms with Crippen LogP contribution in [-0.4, -0.2) is 33.0 Å². The Bertz CT molecular complexity index is 452. The zero-order valence-electron chi connectivity index (χ0n) is 10.1. The predicted molar refractivity (Wildman–Crippen MR) is 57.7 cm³/mol. The number of nitrogens with one attached hydrogen (secondary N) is 1. The monoisotopic (exact) mass is 228 g/mol. The molecular weight excluding hydrogens is 212 g/mol. The van der Waals surface area contributed by atoms with Crippen LogP contribution in [0.2, 0.25) is 0 Å². The summed E-state index contributed by atoms with van der Waals surface area (Å²) in [5.41, 5.74) is -0.972. The number of amides is 1. The molecule has 0 bridgehead atoms. The molecule has 0 aliphatic heterocycles. The number of hydrogen-bond donors (Lipinski definition) is 1. The zero-order valence-corrected chi connectivity index (χ0v) is 10.1. The number of aromatic nitrogens is 3. The maximum Gasteiger partial charge on any atom is 0.357 e. The normalized spacial score (nSPS) is 11.3. The summed E-state index contributed by atoms with van der Waals surface area (Å²) in [6.45, 7) is 5.45. The van der Waals surface area contributed by atoms with Crippen LogP contribution in [0.4, 0.5) is 4.79 Å². The molecule has 7 nitrogen and oxygen atoms in total. The van der Waals surface area contributed by atoms with E-state index in [4.69, 9.17) is 4.74 Å². The van der Waals surface area contributed by atoms with Crippen LogP contribution in [0.5, 0.6) is 6.01 Å². The molecule has 1 heterocycles. The second-order valence-electron chi connectivity index (χ2n) is 4.42. The lowest BCUT2D eigenvalue weighted by molar-refractivity contribution is 0.229. The van der Waals surface area contributed by atoms with Gasteiger partial charge in [-0.05, 0) is 20.8 Å². The number of methoxy groups -OCH3 is 1. The fraction of sp³-hybridized carbons (Fsp3) is 0.667. The van der Waals surface area contributed by atoms with Gasteiger partial charge in [0.1, 0.15) is 0 Å². The first-order valence-electron chi connectivity index (χ1n) is 4.79. The Kier molecular flexibility index (Phi) is 3.06. The first-order valence-corrected chi connectivity index (χ1v) is 4.79. The van der Waals surface area contributed by atoms with Crippen molar-refractivity contribution >= 4 is 6.03 Å². The van der Waals surface area contributed by atoms with E-state index in [9.17, 15) is 9.59 Å². The Labute approximate surface area is 93.0 Å². The molecule has 1 aromatic rings. The van der Waals surface area contributed by atoms with Crippen molar-refractivity contribution in [2.45, 2.75) is 26.3 Å². The Balaban J connectivity index is 3.06. The summed E-state index contributed by atoms with van der Waals surface area (Å²) in [6.07, 6.45) is 0. The second-order valence-corrected chi connectivity index (χ2v) is 4.42. The van der Waals surface area contributed by atoms with E-state index in [1.807, 2.05) is 20.8 Å². The van der Waals surface area contributed by atoms with Gasteiger partial charge in [-0.15, -0.1) is 9.78 Å². The van der Waals surface area contributed by atoms with Crippen molar-refractivity contribution in [3.8, 4) is 6.01 Å². The Morgan fingerprint density at radius 2 is 2.00 bits per heavy atom. The molecule has 0 radical (unpaired) electrons. The molecule has 0 aliphatic carbocycles. The summed E-state index contributed by atoms with van der Waals surface area (Å²) >= 11 is 0. The molecule has 0 atom stereocenters. The number of nitrogens with zero attached hydrogens (tertiary/aromatic N) is 3. The van der Waals surface area contributed by atoms with E-state index in [2.05, 4.69) is 10.4 Å². The summed E-state index contributed by atoms with van der Waals surface area (Å²) in [5.74, 6) is 0. The Morgan fingerprint density at radius 1 is 1.44 bits per heavy atom. The Morgan fingerprint density at radius 3 is 2.38 bits per heavy atom. The van der Waals surface area contributed by atoms with Crippen molar-refractivity contribution < 1.29 is 9.53 Å². The first-order chi connectivity index (χ1) is 7.26. The average molecular weight is 228 g/mol. The van der Waals surface area contributed by atoms with Crippen LogP contribution in [0, 0.1) is 0 Å². The van der Waals surface area contributed by atoms with Gasteiger partial charge in [-0.3, -0.25) is 0 Å². The molecule has 0 aromatic carbocycles. The van der Waals surface area contributed by atoms with Gasteiger partial charge >= 0.3 is 17.7 Å². The molecule has 90 valence electrons. The summed E-state index contributed by atoms with van der Waals surface area (Å²) in [6, 6.07) is -0.481. The summed E-state index contributed by atoms with van der Waals surface area (Å²) < 4.78 is 6.73. The van der Waals surface area contributed by atoms with Crippen molar-refractivity contribution in [1.29, 1.82) is 0 Å². The minimum absolute atomic E-state index is 0.0917. The van der Waals surface area contributed by atoms with E-state index in [1.165, 1.54) is 14.2 Å². The second kappa shape index (κ2) is 3.99. The van der Waals surface area contributed by atoms with E-state index in [-0.39, 0.29) is 6.01 Å². The number of carbonyl (C=O) groups is 1. The summed E-state index contributed by atoms with van der Waals surface area (Å²) in [4.78, 5) is 23.3. The molecule has 16 heavy (non-hydrogen) atoms. The standard InChI is InChI=1S/C9H16N4O3/c1-9(2,3)10-6(14)13-8(15)12(4)7(11-13)16-5/h1-5H3,(H,10,14). The molecule has 1 amide bonds. The lowest BCUT2D eigenvalue weighted by atomic mass is 10.1. The molecular formula is C9H16N4O3. The summed E-state index contributed by atoms with van der Waals surface area (Å²) in [5, 5.41) is 6.38. The van der Waals surface area contributed by atoms with Crippen molar-refractivity contribution in [3.63, 3.8) is 0 Å². The fourth-order valence-electron chi connectivity index (χ4n) is 1.10. The number of hydrogen-bond acceptors (Lipinski definition) is 4. The zero-order chi connectivity index (χ0) is 12.5. The quantitative estimate of drug-likeness (QED) is 0.730. The van der Waals surface area contributed by atoms with Gasteiger partial charge in [0.2, 0.25) is 0 Å². The molecule has 1 N–H and O–H groups in total. The molecule has 0 saturated heterocycles.